The molecule has 0 radical (unpaired) electrons. The quantitative estimate of drug-likeness (QED) is 0.615. The van der Waals surface area contributed by atoms with Crippen molar-refractivity contribution in [1.82, 2.24) is 4.57 Å². The number of hydrogen-bond acceptors (Lipinski definition) is 6. The number of esters is 1. The molecule has 148 valence electrons. The predicted octanol–water partition coefficient (Wildman–Crippen LogP) is 3.62. The smallest absolute Gasteiger partial charge is 0.338 e. The first-order valence-corrected chi connectivity index (χ1v) is 11.0. The molecule has 3 rings (SSSR count). The minimum Gasteiger partial charge on any atom is -0.462 e. The number of nitrogens with one attached hydrogen (secondary N) is 1. The molecule has 0 unspecified atom stereocenters. The van der Waals surface area contributed by atoms with Gasteiger partial charge in [-0.05, 0) is 57.2 Å². The number of nitrogens with zero attached hydrogens (tertiary/aromatic N) is 1. The fourth-order valence-corrected chi connectivity index (χ4v) is 5.01. The number of fused-ring (bicyclic) bond motifs is 1. The van der Waals surface area contributed by atoms with E-state index in [4.69, 9.17) is 4.74 Å². The van der Waals surface area contributed by atoms with Crippen molar-refractivity contribution >= 4 is 43.2 Å². The molecule has 0 fully saturated rings. The Morgan fingerprint density at radius 1 is 1.21 bits per heavy atom. The molecule has 0 aliphatic heterocycles. The van der Waals surface area contributed by atoms with Gasteiger partial charge in [0.1, 0.15) is 0 Å². The summed E-state index contributed by atoms with van der Waals surface area (Å²) in [7, 11) is -3.89. The van der Waals surface area contributed by atoms with E-state index in [1.165, 1.54) is 18.2 Å². The van der Waals surface area contributed by atoms with E-state index in [0.717, 1.165) is 11.3 Å². The molecule has 3 aromatic rings. The Kier molecular flexibility index (Phi) is 5.57. The first kappa shape index (κ1) is 20.1. The van der Waals surface area contributed by atoms with Crippen LogP contribution in [0.25, 0.3) is 10.2 Å². The minimum atomic E-state index is -3.89. The van der Waals surface area contributed by atoms with E-state index in [9.17, 15) is 18.0 Å². The number of carbonyl (C=O) groups is 1. The fourth-order valence-electron chi connectivity index (χ4n) is 2.81. The number of thiazole rings is 1. The van der Waals surface area contributed by atoms with Crippen LogP contribution in [0.2, 0.25) is 0 Å². The van der Waals surface area contributed by atoms with Gasteiger partial charge in [0.05, 0.1) is 27.3 Å². The molecule has 1 N–H and O–H groups in total. The van der Waals surface area contributed by atoms with Crippen molar-refractivity contribution in [2.75, 3.05) is 11.3 Å². The lowest BCUT2D eigenvalue weighted by Crippen LogP contribution is -2.15. The highest BCUT2D eigenvalue weighted by Gasteiger charge is 2.18. The fraction of sp³-hybridized carbons (Fsp3) is 0.263. The number of anilines is 1. The Morgan fingerprint density at radius 2 is 1.96 bits per heavy atom. The molecule has 1 aromatic heterocycles. The van der Waals surface area contributed by atoms with Crippen molar-refractivity contribution in [2.45, 2.75) is 31.7 Å². The van der Waals surface area contributed by atoms with E-state index in [1.807, 2.05) is 13.8 Å². The molecule has 0 saturated carbocycles. The van der Waals surface area contributed by atoms with Crippen molar-refractivity contribution in [1.29, 1.82) is 0 Å². The largest absolute Gasteiger partial charge is 0.462 e. The third-order valence-electron chi connectivity index (χ3n) is 4.04. The number of carbonyl (C=O) groups excluding carboxylic acids is 1. The number of aromatic nitrogens is 1. The summed E-state index contributed by atoms with van der Waals surface area (Å²) in [6, 6.07) is 10.6. The Morgan fingerprint density at radius 3 is 2.64 bits per heavy atom. The zero-order valence-corrected chi connectivity index (χ0v) is 17.3. The normalized spacial score (nSPS) is 11.7. The monoisotopic (exact) mass is 420 g/mol. The summed E-state index contributed by atoms with van der Waals surface area (Å²) in [5.74, 6) is -0.523. The highest BCUT2D eigenvalue weighted by Crippen LogP contribution is 2.25. The third kappa shape index (κ3) is 3.95. The van der Waals surface area contributed by atoms with Crippen molar-refractivity contribution in [3.63, 3.8) is 0 Å². The number of sulfonamides is 1. The van der Waals surface area contributed by atoms with Crippen LogP contribution in [0.15, 0.2) is 52.2 Å². The topological polar surface area (TPSA) is 94.5 Å². The lowest BCUT2D eigenvalue weighted by molar-refractivity contribution is 0.0526. The molecule has 0 bridgehead atoms. The molecule has 0 aliphatic rings. The van der Waals surface area contributed by atoms with Gasteiger partial charge in [-0.25, -0.2) is 13.2 Å². The molecule has 9 heteroatoms. The summed E-state index contributed by atoms with van der Waals surface area (Å²) >= 11 is 1.01. The van der Waals surface area contributed by atoms with Crippen molar-refractivity contribution < 1.29 is 17.9 Å². The molecule has 28 heavy (non-hydrogen) atoms. The maximum Gasteiger partial charge on any atom is 0.338 e. The SMILES string of the molecule is CCOC(=O)c1cccc(NS(=O)(=O)c2ccc3c(c2)sc(=O)n3C(C)C)c1. The average Bonchev–Trinajstić information content (AvgIpc) is 2.96. The van der Waals surface area contributed by atoms with Crippen LogP contribution in [0.3, 0.4) is 0 Å². The second kappa shape index (κ2) is 7.76. The lowest BCUT2D eigenvalue weighted by atomic mass is 10.2. The van der Waals surface area contributed by atoms with Crippen LogP contribution < -0.4 is 9.60 Å². The van der Waals surface area contributed by atoms with Gasteiger partial charge in [0.15, 0.2) is 0 Å². The first-order valence-electron chi connectivity index (χ1n) is 8.68. The van der Waals surface area contributed by atoms with Gasteiger partial charge in [-0.15, -0.1) is 0 Å². The van der Waals surface area contributed by atoms with Crippen LogP contribution in [-0.2, 0) is 14.8 Å². The lowest BCUT2D eigenvalue weighted by Gasteiger charge is -2.10. The van der Waals surface area contributed by atoms with Crippen LogP contribution in [-0.4, -0.2) is 25.6 Å². The zero-order valence-electron chi connectivity index (χ0n) is 15.6. The summed E-state index contributed by atoms with van der Waals surface area (Å²) < 4.78 is 35.2. The second-order valence-corrected chi connectivity index (χ2v) is 9.04. The van der Waals surface area contributed by atoms with Gasteiger partial charge in [0.25, 0.3) is 10.0 Å². The van der Waals surface area contributed by atoms with Crippen LogP contribution >= 0.6 is 11.3 Å². The molecular weight excluding hydrogens is 400 g/mol. The van der Waals surface area contributed by atoms with Crippen LogP contribution in [0, 0.1) is 0 Å². The minimum absolute atomic E-state index is 0.0209. The van der Waals surface area contributed by atoms with Crippen molar-refractivity contribution in [3.05, 3.63) is 57.7 Å². The van der Waals surface area contributed by atoms with E-state index >= 15 is 0 Å². The summed E-state index contributed by atoms with van der Waals surface area (Å²) in [6.45, 7) is 5.72. The van der Waals surface area contributed by atoms with Gasteiger partial charge in [-0.2, -0.15) is 0 Å². The molecular formula is C19H20N2O5S2. The molecule has 0 atom stereocenters. The third-order valence-corrected chi connectivity index (χ3v) is 6.33. The van der Waals surface area contributed by atoms with Gasteiger partial charge < -0.3 is 4.74 Å². The number of hydrogen-bond donors (Lipinski definition) is 1. The molecule has 0 saturated heterocycles. The standard InChI is InChI=1S/C19H20N2O5S2/c1-4-26-18(22)13-6-5-7-14(10-13)20-28(24,25)15-8-9-16-17(11-15)27-19(23)21(16)12(2)3/h5-12,20H,4H2,1-3H3. The van der Waals surface area contributed by atoms with Crippen LogP contribution in [0.4, 0.5) is 5.69 Å². The number of benzene rings is 2. The first-order chi connectivity index (χ1) is 13.2. The Bertz CT molecular complexity index is 1190. The summed E-state index contributed by atoms with van der Waals surface area (Å²) in [5.41, 5.74) is 1.21. The maximum absolute atomic E-state index is 12.8. The van der Waals surface area contributed by atoms with Crippen molar-refractivity contribution in [3.8, 4) is 0 Å². The van der Waals surface area contributed by atoms with Gasteiger partial charge in [0, 0.05) is 11.7 Å². The number of rotatable bonds is 6. The summed E-state index contributed by atoms with van der Waals surface area (Å²) in [4.78, 5) is 23.9. The van der Waals surface area contributed by atoms with E-state index in [2.05, 4.69) is 4.72 Å². The van der Waals surface area contributed by atoms with Crippen LogP contribution in [0.5, 0.6) is 0 Å². The molecule has 0 amide bonds. The molecule has 2 aromatic carbocycles. The molecule has 0 aliphatic carbocycles. The summed E-state index contributed by atoms with van der Waals surface area (Å²) in [5, 5.41) is 0. The molecule has 0 spiro atoms. The van der Waals surface area contributed by atoms with E-state index in [0.29, 0.717) is 10.2 Å². The number of ether oxygens (including phenoxy) is 1. The highest BCUT2D eigenvalue weighted by atomic mass is 32.2. The van der Waals surface area contributed by atoms with Gasteiger partial charge in [-0.1, -0.05) is 17.4 Å². The Hall–Kier alpha value is -2.65. The van der Waals surface area contributed by atoms with E-state index in [1.54, 1.807) is 35.8 Å². The highest BCUT2D eigenvalue weighted by molar-refractivity contribution is 7.92. The second-order valence-electron chi connectivity index (χ2n) is 6.37. The van der Waals surface area contributed by atoms with Gasteiger partial charge >= 0.3 is 10.8 Å². The summed E-state index contributed by atoms with van der Waals surface area (Å²) in [6.07, 6.45) is 0. The zero-order chi connectivity index (χ0) is 20.5. The van der Waals surface area contributed by atoms with E-state index in [-0.39, 0.29) is 33.7 Å². The van der Waals surface area contributed by atoms with E-state index < -0.39 is 16.0 Å². The predicted molar refractivity (Wildman–Crippen MR) is 110 cm³/mol. The Balaban J connectivity index is 1.94. The molecule has 7 nitrogen and oxygen atoms in total. The Labute approximate surface area is 166 Å². The maximum atomic E-state index is 12.8. The average molecular weight is 421 g/mol. The van der Waals surface area contributed by atoms with Crippen LogP contribution in [0.1, 0.15) is 37.2 Å². The van der Waals surface area contributed by atoms with Gasteiger partial charge in [0.2, 0.25) is 0 Å². The molecule has 1 heterocycles. The van der Waals surface area contributed by atoms with Crippen molar-refractivity contribution in [2.24, 2.45) is 0 Å². The van der Waals surface area contributed by atoms with Gasteiger partial charge in [-0.3, -0.25) is 14.1 Å².